The van der Waals surface area contributed by atoms with Crippen LogP contribution >= 0.6 is 0 Å². The molecule has 3 rings (SSSR count). The molecule has 0 spiro atoms. The van der Waals surface area contributed by atoms with E-state index in [2.05, 4.69) is 15.3 Å². The number of aryl methyl sites for hydroxylation is 1. The molecule has 1 unspecified atom stereocenters. The summed E-state index contributed by atoms with van der Waals surface area (Å²) < 4.78 is 43.4. The Morgan fingerprint density at radius 3 is 2.78 bits per heavy atom. The number of ether oxygens (including phenoxy) is 1. The Balaban J connectivity index is 1.77. The van der Waals surface area contributed by atoms with E-state index in [0.717, 1.165) is 0 Å². The van der Waals surface area contributed by atoms with Crippen LogP contribution in [-0.4, -0.2) is 61.1 Å². The number of hydrogen-bond donors (Lipinski definition) is 1. The highest BCUT2D eigenvalue weighted by Gasteiger charge is 2.32. The Hall–Kier alpha value is -2.10. The van der Waals surface area contributed by atoms with Crippen LogP contribution in [0, 0.1) is 0 Å². The third kappa shape index (κ3) is 4.42. The molecule has 1 aliphatic rings. The Kier molecular flexibility index (Phi) is 5.73. The number of imidazole rings is 1. The van der Waals surface area contributed by atoms with Crippen molar-refractivity contribution in [3.05, 3.63) is 18.0 Å². The number of alkyl halides is 2. The quantitative estimate of drug-likeness (QED) is 0.798. The molecule has 2 aromatic rings. The van der Waals surface area contributed by atoms with Gasteiger partial charge in [0.25, 0.3) is 5.91 Å². The SMILES string of the molecule is Cn1c(C(=O)NC2(C)CCS(=O)CC2)nc2ccc(OCC(F)CF)nc21. The first-order valence-corrected chi connectivity index (χ1v) is 10.1. The maximum Gasteiger partial charge on any atom is 0.287 e. The van der Waals surface area contributed by atoms with Crippen LogP contribution < -0.4 is 10.1 Å². The highest BCUT2D eigenvalue weighted by molar-refractivity contribution is 7.85. The van der Waals surface area contributed by atoms with Gasteiger partial charge in [0, 0.05) is 41.0 Å². The highest BCUT2D eigenvalue weighted by atomic mass is 32.2. The largest absolute Gasteiger partial charge is 0.474 e. The summed E-state index contributed by atoms with van der Waals surface area (Å²) in [5.74, 6) is 1.12. The van der Waals surface area contributed by atoms with Gasteiger partial charge < -0.3 is 14.6 Å². The molecular weight excluding hydrogens is 378 g/mol. The van der Waals surface area contributed by atoms with Gasteiger partial charge in [0.15, 0.2) is 11.8 Å². The number of halogens is 2. The minimum absolute atomic E-state index is 0.135. The molecule has 10 heteroatoms. The summed E-state index contributed by atoms with van der Waals surface area (Å²) in [6.45, 7) is 0.386. The topological polar surface area (TPSA) is 86.1 Å². The molecule has 0 bridgehead atoms. The minimum Gasteiger partial charge on any atom is -0.474 e. The van der Waals surface area contributed by atoms with Gasteiger partial charge in [0.2, 0.25) is 11.7 Å². The van der Waals surface area contributed by atoms with Crippen LogP contribution in [0.25, 0.3) is 11.2 Å². The number of amides is 1. The van der Waals surface area contributed by atoms with Crippen LogP contribution in [0.3, 0.4) is 0 Å². The summed E-state index contributed by atoms with van der Waals surface area (Å²) in [6, 6.07) is 3.11. The lowest BCUT2D eigenvalue weighted by Gasteiger charge is -2.33. The fraction of sp³-hybridized carbons (Fsp3) is 0.588. The Morgan fingerprint density at radius 1 is 1.41 bits per heavy atom. The number of carbonyl (C=O) groups is 1. The van der Waals surface area contributed by atoms with E-state index < -0.39 is 35.8 Å². The van der Waals surface area contributed by atoms with E-state index in [4.69, 9.17) is 4.74 Å². The molecule has 2 aromatic heterocycles. The smallest absolute Gasteiger partial charge is 0.287 e. The first-order chi connectivity index (χ1) is 12.8. The molecule has 0 aliphatic carbocycles. The molecule has 1 amide bonds. The van der Waals surface area contributed by atoms with Crippen molar-refractivity contribution < 1.29 is 22.5 Å². The van der Waals surface area contributed by atoms with Crippen molar-refractivity contribution in [2.75, 3.05) is 24.8 Å². The van der Waals surface area contributed by atoms with E-state index in [9.17, 15) is 17.8 Å². The lowest BCUT2D eigenvalue weighted by molar-refractivity contribution is 0.0887. The molecule has 1 atom stereocenters. The number of nitrogens with zero attached hydrogens (tertiary/aromatic N) is 3. The van der Waals surface area contributed by atoms with Gasteiger partial charge >= 0.3 is 0 Å². The number of fused-ring (bicyclic) bond motifs is 1. The molecule has 1 N–H and O–H groups in total. The maximum absolute atomic E-state index is 13.0. The molecule has 0 aromatic carbocycles. The highest BCUT2D eigenvalue weighted by Crippen LogP contribution is 2.23. The molecule has 27 heavy (non-hydrogen) atoms. The van der Waals surface area contributed by atoms with Gasteiger partial charge in [-0.05, 0) is 25.8 Å². The Bertz CT molecular complexity index is 863. The third-order valence-corrected chi connectivity index (χ3v) is 5.97. The van der Waals surface area contributed by atoms with Gasteiger partial charge in [-0.15, -0.1) is 0 Å². The predicted molar refractivity (Wildman–Crippen MR) is 97.9 cm³/mol. The second kappa shape index (κ2) is 7.87. The summed E-state index contributed by atoms with van der Waals surface area (Å²) >= 11 is 0. The van der Waals surface area contributed by atoms with E-state index in [1.807, 2.05) is 6.92 Å². The first-order valence-electron chi connectivity index (χ1n) is 8.65. The van der Waals surface area contributed by atoms with Crippen LogP contribution in [0.1, 0.15) is 30.4 Å². The van der Waals surface area contributed by atoms with Gasteiger partial charge in [0.1, 0.15) is 18.8 Å². The Morgan fingerprint density at radius 2 is 2.11 bits per heavy atom. The lowest BCUT2D eigenvalue weighted by atomic mass is 9.95. The van der Waals surface area contributed by atoms with E-state index in [-0.39, 0.29) is 17.6 Å². The van der Waals surface area contributed by atoms with Crippen molar-refractivity contribution in [3.63, 3.8) is 0 Å². The molecule has 0 radical (unpaired) electrons. The van der Waals surface area contributed by atoms with Crippen LogP contribution in [0.2, 0.25) is 0 Å². The molecule has 1 saturated heterocycles. The summed E-state index contributed by atoms with van der Waals surface area (Å²) in [4.78, 5) is 21.3. The van der Waals surface area contributed by atoms with Crippen LogP contribution in [-0.2, 0) is 17.8 Å². The molecule has 148 valence electrons. The van der Waals surface area contributed by atoms with Crippen LogP contribution in [0.4, 0.5) is 8.78 Å². The third-order valence-electron chi connectivity index (χ3n) is 4.65. The summed E-state index contributed by atoms with van der Waals surface area (Å²) in [6.07, 6.45) is -0.421. The zero-order valence-corrected chi connectivity index (χ0v) is 16.0. The molecule has 1 aliphatic heterocycles. The van der Waals surface area contributed by atoms with Crippen molar-refractivity contribution in [1.29, 1.82) is 0 Å². The monoisotopic (exact) mass is 400 g/mol. The van der Waals surface area contributed by atoms with Crippen LogP contribution in [0.15, 0.2) is 12.1 Å². The van der Waals surface area contributed by atoms with Crippen molar-refractivity contribution >= 4 is 27.9 Å². The van der Waals surface area contributed by atoms with E-state index >= 15 is 0 Å². The zero-order valence-electron chi connectivity index (χ0n) is 15.2. The number of hydrogen-bond acceptors (Lipinski definition) is 5. The molecule has 3 heterocycles. The average molecular weight is 400 g/mol. The fourth-order valence-corrected chi connectivity index (χ4v) is 4.47. The van der Waals surface area contributed by atoms with Crippen molar-refractivity contribution in [2.24, 2.45) is 7.05 Å². The van der Waals surface area contributed by atoms with Crippen molar-refractivity contribution in [2.45, 2.75) is 31.5 Å². The van der Waals surface area contributed by atoms with Crippen molar-refractivity contribution in [1.82, 2.24) is 19.9 Å². The zero-order chi connectivity index (χ0) is 19.6. The van der Waals surface area contributed by atoms with Crippen LogP contribution in [0.5, 0.6) is 5.88 Å². The maximum atomic E-state index is 13.0. The second-order valence-corrected chi connectivity index (χ2v) is 8.61. The molecule has 1 fully saturated rings. The van der Waals surface area contributed by atoms with Gasteiger partial charge in [-0.1, -0.05) is 0 Å². The molecule has 7 nitrogen and oxygen atoms in total. The number of aromatic nitrogens is 3. The summed E-state index contributed by atoms with van der Waals surface area (Å²) in [7, 11) is 0.833. The number of pyridine rings is 1. The number of rotatable bonds is 6. The summed E-state index contributed by atoms with van der Waals surface area (Å²) in [5, 5.41) is 2.99. The lowest BCUT2D eigenvalue weighted by Crippen LogP contribution is -2.50. The normalized spacial score (nSPS) is 23.9. The van der Waals surface area contributed by atoms with Gasteiger partial charge in [-0.2, -0.15) is 4.98 Å². The second-order valence-electron chi connectivity index (χ2n) is 6.91. The van der Waals surface area contributed by atoms with Crippen molar-refractivity contribution in [3.8, 4) is 5.88 Å². The van der Waals surface area contributed by atoms with Gasteiger partial charge in [-0.25, -0.2) is 13.8 Å². The fourth-order valence-electron chi connectivity index (χ4n) is 2.91. The predicted octanol–water partition coefficient (Wildman–Crippen LogP) is 1.69. The first kappa shape index (κ1) is 19.7. The Labute approximate surface area is 158 Å². The molecule has 0 saturated carbocycles. The molecular formula is C17H22F2N4O3S. The standard InChI is InChI=1S/C17H22F2N4O3S/c1-17(5-7-27(25)8-6-17)22-16(24)15-20-12-3-4-13(21-14(12)23(15)2)26-10-11(19)9-18/h3-4,11H,5-10H2,1-2H3,(H,22,24). The van der Waals surface area contributed by atoms with E-state index in [1.54, 1.807) is 13.1 Å². The van der Waals surface area contributed by atoms with E-state index in [0.29, 0.717) is 35.5 Å². The van der Waals surface area contributed by atoms with E-state index in [1.165, 1.54) is 10.6 Å². The van der Waals surface area contributed by atoms with Gasteiger partial charge in [0.05, 0.1) is 0 Å². The summed E-state index contributed by atoms with van der Waals surface area (Å²) in [5.41, 5.74) is 0.475. The minimum atomic E-state index is -1.71. The number of carbonyl (C=O) groups excluding carboxylic acids is 1. The van der Waals surface area contributed by atoms with Gasteiger partial charge in [-0.3, -0.25) is 9.00 Å². The number of nitrogens with one attached hydrogen (secondary N) is 1. The average Bonchev–Trinajstić information content (AvgIpc) is 2.99.